The third-order valence-electron chi connectivity index (χ3n) is 2.42. The van der Waals surface area contributed by atoms with Crippen molar-refractivity contribution in [2.45, 2.75) is 25.2 Å². The first-order chi connectivity index (χ1) is 7.59. The molecule has 0 radical (unpaired) electrons. The fourth-order valence-electron chi connectivity index (χ4n) is 1.63. The zero-order chi connectivity index (χ0) is 12.0. The SMILES string of the molecule is C=CC[Si](C)(C)OC(C=C)c1ccccc1. The highest BCUT2D eigenvalue weighted by molar-refractivity contribution is 6.71. The summed E-state index contributed by atoms with van der Waals surface area (Å²) in [6, 6.07) is 11.2. The van der Waals surface area contributed by atoms with Gasteiger partial charge >= 0.3 is 0 Å². The smallest absolute Gasteiger partial charge is 0.191 e. The molecule has 0 amide bonds. The maximum Gasteiger partial charge on any atom is 0.191 e. The third kappa shape index (κ3) is 3.80. The van der Waals surface area contributed by atoms with E-state index in [-0.39, 0.29) is 6.10 Å². The van der Waals surface area contributed by atoms with Gasteiger partial charge in [0, 0.05) is 0 Å². The minimum Gasteiger partial charge on any atom is -0.407 e. The van der Waals surface area contributed by atoms with E-state index in [1.54, 1.807) is 0 Å². The first-order valence-corrected chi connectivity index (χ1v) is 8.67. The normalized spacial score (nSPS) is 13.1. The molecule has 1 nitrogen and oxygen atoms in total. The molecule has 0 aliphatic rings. The van der Waals surface area contributed by atoms with Gasteiger partial charge in [0.1, 0.15) is 0 Å². The van der Waals surface area contributed by atoms with Crippen LogP contribution in [0, 0.1) is 0 Å². The van der Waals surface area contributed by atoms with E-state index in [1.165, 1.54) is 5.56 Å². The molecule has 16 heavy (non-hydrogen) atoms. The molecule has 1 aromatic rings. The molecule has 1 rings (SSSR count). The Kier molecular flexibility index (Phi) is 4.71. The number of hydrogen-bond acceptors (Lipinski definition) is 1. The molecule has 86 valence electrons. The van der Waals surface area contributed by atoms with Gasteiger partial charge in [-0.2, -0.15) is 0 Å². The Balaban J connectivity index is 2.77. The Bertz CT molecular complexity index is 343. The van der Waals surface area contributed by atoms with Gasteiger partial charge in [0.25, 0.3) is 0 Å². The van der Waals surface area contributed by atoms with Crippen LogP contribution in [0.1, 0.15) is 11.7 Å². The monoisotopic (exact) mass is 232 g/mol. The van der Waals surface area contributed by atoms with E-state index in [0.29, 0.717) is 0 Å². The highest BCUT2D eigenvalue weighted by atomic mass is 28.4. The molecule has 1 unspecified atom stereocenters. The van der Waals surface area contributed by atoms with Gasteiger partial charge in [0.2, 0.25) is 0 Å². The zero-order valence-corrected chi connectivity index (χ0v) is 11.1. The lowest BCUT2D eigenvalue weighted by Gasteiger charge is -2.27. The minimum absolute atomic E-state index is 0.00261. The fourth-order valence-corrected chi connectivity index (χ4v) is 3.35. The summed E-state index contributed by atoms with van der Waals surface area (Å²) >= 11 is 0. The van der Waals surface area contributed by atoms with Crippen molar-refractivity contribution in [1.82, 2.24) is 0 Å². The molecule has 0 spiro atoms. The van der Waals surface area contributed by atoms with Crippen LogP contribution in [0.25, 0.3) is 0 Å². The summed E-state index contributed by atoms with van der Waals surface area (Å²) in [7, 11) is -1.66. The first kappa shape index (κ1) is 12.9. The van der Waals surface area contributed by atoms with E-state index in [4.69, 9.17) is 4.43 Å². The van der Waals surface area contributed by atoms with Crippen molar-refractivity contribution in [2.24, 2.45) is 0 Å². The van der Waals surface area contributed by atoms with E-state index in [9.17, 15) is 0 Å². The Morgan fingerprint density at radius 2 is 1.88 bits per heavy atom. The summed E-state index contributed by atoms with van der Waals surface area (Å²) in [6.45, 7) is 12.0. The standard InChI is InChI=1S/C14H20OSi/c1-5-12-16(3,4)15-14(6-2)13-10-8-7-9-11-13/h5-11,14H,1-2,12H2,3-4H3. The maximum atomic E-state index is 6.16. The van der Waals surface area contributed by atoms with Gasteiger partial charge in [-0.3, -0.25) is 0 Å². The summed E-state index contributed by atoms with van der Waals surface area (Å²) in [5.74, 6) is 0. The third-order valence-corrected chi connectivity index (χ3v) is 4.59. The summed E-state index contributed by atoms with van der Waals surface area (Å²) in [5, 5.41) is 0. The molecule has 0 saturated carbocycles. The predicted molar refractivity (Wildman–Crippen MR) is 73.0 cm³/mol. The fraction of sp³-hybridized carbons (Fsp3) is 0.286. The second-order valence-electron chi connectivity index (χ2n) is 4.44. The predicted octanol–water partition coefficient (Wildman–Crippen LogP) is 4.32. The summed E-state index contributed by atoms with van der Waals surface area (Å²) < 4.78 is 6.16. The Morgan fingerprint density at radius 1 is 1.25 bits per heavy atom. The lowest BCUT2D eigenvalue weighted by atomic mass is 10.1. The summed E-state index contributed by atoms with van der Waals surface area (Å²) in [5.41, 5.74) is 1.17. The average Bonchev–Trinajstić information content (AvgIpc) is 2.27. The van der Waals surface area contributed by atoms with Crippen molar-refractivity contribution in [3.63, 3.8) is 0 Å². The first-order valence-electron chi connectivity index (χ1n) is 5.55. The van der Waals surface area contributed by atoms with Crippen molar-refractivity contribution in [3.05, 3.63) is 61.2 Å². The highest BCUT2D eigenvalue weighted by Gasteiger charge is 2.24. The number of hydrogen-bond donors (Lipinski definition) is 0. The van der Waals surface area contributed by atoms with Crippen molar-refractivity contribution in [3.8, 4) is 0 Å². The molecule has 0 N–H and O–H groups in total. The Labute approximate surface area is 99.6 Å². The minimum atomic E-state index is -1.66. The van der Waals surface area contributed by atoms with Gasteiger partial charge in [0.15, 0.2) is 8.32 Å². The lowest BCUT2D eigenvalue weighted by Crippen LogP contribution is -2.30. The quantitative estimate of drug-likeness (QED) is 0.524. The van der Waals surface area contributed by atoms with Crippen LogP contribution in [-0.2, 0) is 4.43 Å². The van der Waals surface area contributed by atoms with Crippen LogP contribution in [0.5, 0.6) is 0 Å². The van der Waals surface area contributed by atoms with Gasteiger partial charge in [-0.15, -0.1) is 13.2 Å². The number of rotatable bonds is 6. The molecule has 1 aromatic carbocycles. The second-order valence-corrected chi connectivity index (χ2v) is 8.60. The van der Waals surface area contributed by atoms with E-state index in [1.807, 2.05) is 30.4 Å². The summed E-state index contributed by atoms with van der Waals surface area (Å²) in [4.78, 5) is 0. The summed E-state index contributed by atoms with van der Waals surface area (Å²) in [6.07, 6.45) is 3.81. The van der Waals surface area contributed by atoms with Gasteiger partial charge in [0.05, 0.1) is 6.10 Å². The van der Waals surface area contributed by atoms with Gasteiger partial charge in [-0.25, -0.2) is 0 Å². The van der Waals surface area contributed by atoms with Crippen molar-refractivity contribution >= 4 is 8.32 Å². The topological polar surface area (TPSA) is 9.23 Å². The van der Waals surface area contributed by atoms with Crippen LogP contribution < -0.4 is 0 Å². The van der Waals surface area contributed by atoms with Gasteiger partial charge in [-0.1, -0.05) is 42.5 Å². The van der Waals surface area contributed by atoms with E-state index < -0.39 is 8.32 Å². The molecule has 1 atom stereocenters. The van der Waals surface area contributed by atoms with Crippen LogP contribution in [0.4, 0.5) is 0 Å². The molecule has 0 bridgehead atoms. The van der Waals surface area contributed by atoms with Crippen molar-refractivity contribution < 1.29 is 4.43 Å². The highest BCUT2D eigenvalue weighted by Crippen LogP contribution is 2.25. The van der Waals surface area contributed by atoms with Crippen LogP contribution in [0.2, 0.25) is 19.1 Å². The van der Waals surface area contributed by atoms with Crippen molar-refractivity contribution in [2.75, 3.05) is 0 Å². The molecular formula is C14H20OSi. The van der Waals surface area contributed by atoms with Crippen LogP contribution in [0.15, 0.2) is 55.6 Å². The van der Waals surface area contributed by atoms with Gasteiger partial charge < -0.3 is 4.43 Å². The maximum absolute atomic E-state index is 6.16. The average molecular weight is 232 g/mol. The Hall–Kier alpha value is -1.12. The number of allylic oxidation sites excluding steroid dienone is 1. The molecule has 0 fully saturated rings. The van der Waals surface area contributed by atoms with Crippen LogP contribution >= 0.6 is 0 Å². The molecule has 0 aliphatic heterocycles. The van der Waals surface area contributed by atoms with E-state index in [2.05, 4.69) is 38.4 Å². The van der Waals surface area contributed by atoms with Crippen LogP contribution in [-0.4, -0.2) is 8.32 Å². The largest absolute Gasteiger partial charge is 0.407 e. The second kappa shape index (κ2) is 5.82. The molecule has 0 aliphatic carbocycles. The molecular weight excluding hydrogens is 212 g/mol. The number of benzene rings is 1. The molecule has 2 heteroatoms. The molecule has 0 heterocycles. The Morgan fingerprint density at radius 3 is 2.38 bits per heavy atom. The molecule has 0 aromatic heterocycles. The van der Waals surface area contributed by atoms with Gasteiger partial charge in [-0.05, 0) is 24.7 Å². The van der Waals surface area contributed by atoms with E-state index >= 15 is 0 Å². The zero-order valence-electron chi connectivity index (χ0n) is 10.1. The lowest BCUT2D eigenvalue weighted by molar-refractivity contribution is 0.246. The van der Waals surface area contributed by atoms with E-state index in [0.717, 1.165) is 6.04 Å². The molecule has 0 saturated heterocycles. The van der Waals surface area contributed by atoms with Crippen LogP contribution in [0.3, 0.4) is 0 Å². The van der Waals surface area contributed by atoms with Crippen molar-refractivity contribution in [1.29, 1.82) is 0 Å².